The molecular weight excluding hydrogens is 200 g/mol. The SMILES string of the molecule is CCC1CN(CC(C)C)CCN1CCOC. The van der Waals surface area contributed by atoms with Crippen molar-refractivity contribution >= 4 is 0 Å². The van der Waals surface area contributed by atoms with Crippen molar-refractivity contribution in [2.75, 3.05) is 46.4 Å². The zero-order valence-corrected chi connectivity index (χ0v) is 11.4. The van der Waals surface area contributed by atoms with Crippen LogP contribution in [0.4, 0.5) is 0 Å². The highest BCUT2D eigenvalue weighted by atomic mass is 16.5. The standard InChI is InChI=1S/C13H28N2O/c1-5-13-11-14(10-12(2)3)6-7-15(13)8-9-16-4/h12-13H,5-11H2,1-4H3. The quantitative estimate of drug-likeness (QED) is 0.688. The molecule has 0 amide bonds. The molecule has 16 heavy (non-hydrogen) atoms. The molecule has 0 spiro atoms. The Morgan fingerprint density at radius 1 is 1.31 bits per heavy atom. The van der Waals surface area contributed by atoms with E-state index in [0.29, 0.717) is 0 Å². The molecule has 0 aromatic heterocycles. The first kappa shape index (κ1) is 13.9. The second kappa shape index (κ2) is 7.25. The van der Waals surface area contributed by atoms with E-state index in [0.717, 1.165) is 25.1 Å². The molecule has 1 aliphatic rings. The number of piperazine rings is 1. The van der Waals surface area contributed by atoms with Crippen molar-refractivity contribution < 1.29 is 4.74 Å². The summed E-state index contributed by atoms with van der Waals surface area (Å²) in [6.45, 7) is 13.8. The van der Waals surface area contributed by atoms with Crippen molar-refractivity contribution in [2.45, 2.75) is 33.2 Å². The number of hydrogen-bond donors (Lipinski definition) is 0. The van der Waals surface area contributed by atoms with Crippen molar-refractivity contribution in [1.82, 2.24) is 9.80 Å². The minimum Gasteiger partial charge on any atom is -0.383 e. The van der Waals surface area contributed by atoms with Gasteiger partial charge >= 0.3 is 0 Å². The van der Waals surface area contributed by atoms with Crippen LogP contribution in [0.3, 0.4) is 0 Å². The van der Waals surface area contributed by atoms with Crippen LogP contribution in [-0.4, -0.2) is 62.3 Å². The van der Waals surface area contributed by atoms with Gasteiger partial charge in [0, 0.05) is 45.9 Å². The first-order valence-corrected chi connectivity index (χ1v) is 6.62. The average Bonchev–Trinajstić information content (AvgIpc) is 2.26. The van der Waals surface area contributed by atoms with Crippen LogP contribution in [0.2, 0.25) is 0 Å². The number of hydrogen-bond acceptors (Lipinski definition) is 3. The van der Waals surface area contributed by atoms with Gasteiger partial charge in [-0.1, -0.05) is 20.8 Å². The summed E-state index contributed by atoms with van der Waals surface area (Å²) in [6.07, 6.45) is 1.25. The van der Waals surface area contributed by atoms with Crippen LogP contribution in [-0.2, 0) is 4.74 Å². The van der Waals surface area contributed by atoms with Crippen molar-refractivity contribution in [3.05, 3.63) is 0 Å². The molecule has 1 saturated heterocycles. The average molecular weight is 228 g/mol. The first-order chi connectivity index (χ1) is 7.67. The second-order valence-corrected chi connectivity index (χ2v) is 5.24. The van der Waals surface area contributed by atoms with Gasteiger partial charge in [-0.2, -0.15) is 0 Å². The van der Waals surface area contributed by atoms with Gasteiger partial charge < -0.3 is 9.64 Å². The van der Waals surface area contributed by atoms with Crippen molar-refractivity contribution in [2.24, 2.45) is 5.92 Å². The van der Waals surface area contributed by atoms with Crippen LogP contribution in [0.15, 0.2) is 0 Å². The smallest absolute Gasteiger partial charge is 0.0589 e. The molecule has 1 atom stereocenters. The maximum absolute atomic E-state index is 5.17. The van der Waals surface area contributed by atoms with Gasteiger partial charge in [0.25, 0.3) is 0 Å². The lowest BCUT2D eigenvalue weighted by Crippen LogP contribution is -2.54. The molecule has 0 aromatic rings. The highest BCUT2D eigenvalue weighted by Crippen LogP contribution is 2.13. The number of nitrogens with zero attached hydrogens (tertiary/aromatic N) is 2. The third-order valence-corrected chi connectivity index (χ3v) is 3.37. The van der Waals surface area contributed by atoms with Crippen LogP contribution in [0, 0.1) is 5.92 Å². The summed E-state index contributed by atoms with van der Waals surface area (Å²) < 4.78 is 5.17. The van der Waals surface area contributed by atoms with Gasteiger partial charge in [-0.3, -0.25) is 4.90 Å². The van der Waals surface area contributed by atoms with Gasteiger partial charge in [0.2, 0.25) is 0 Å². The maximum atomic E-state index is 5.17. The van der Waals surface area contributed by atoms with E-state index in [1.54, 1.807) is 7.11 Å². The summed E-state index contributed by atoms with van der Waals surface area (Å²) in [7, 11) is 1.79. The summed E-state index contributed by atoms with van der Waals surface area (Å²) in [5.41, 5.74) is 0. The van der Waals surface area contributed by atoms with Gasteiger partial charge in [-0.15, -0.1) is 0 Å². The lowest BCUT2D eigenvalue weighted by atomic mass is 10.1. The highest BCUT2D eigenvalue weighted by Gasteiger charge is 2.25. The molecular formula is C13H28N2O. The van der Waals surface area contributed by atoms with Gasteiger partial charge in [0.05, 0.1) is 6.61 Å². The molecule has 0 aromatic carbocycles. The van der Waals surface area contributed by atoms with E-state index in [2.05, 4.69) is 30.6 Å². The van der Waals surface area contributed by atoms with Crippen molar-refractivity contribution in [3.8, 4) is 0 Å². The molecule has 3 nitrogen and oxygen atoms in total. The van der Waals surface area contributed by atoms with Crippen LogP contribution < -0.4 is 0 Å². The molecule has 96 valence electrons. The third kappa shape index (κ3) is 4.40. The van der Waals surface area contributed by atoms with E-state index in [1.165, 1.54) is 32.6 Å². The summed E-state index contributed by atoms with van der Waals surface area (Å²) in [4.78, 5) is 5.20. The van der Waals surface area contributed by atoms with Crippen LogP contribution in [0.5, 0.6) is 0 Å². The zero-order chi connectivity index (χ0) is 12.0. The Morgan fingerprint density at radius 2 is 2.06 bits per heavy atom. The Hall–Kier alpha value is -0.120. The van der Waals surface area contributed by atoms with E-state index in [-0.39, 0.29) is 0 Å². The molecule has 1 aliphatic heterocycles. The van der Waals surface area contributed by atoms with E-state index >= 15 is 0 Å². The van der Waals surface area contributed by atoms with Crippen LogP contribution >= 0.6 is 0 Å². The van der Waals surface area contributed by atoms with Gasteiger partial charge in [-0.05, 0) is 12.3 Å². The molecule has 0 radical (unpaired) electrons. The number of rotatable bonds is 6. The number of ether oxygens (including phenoxy) is 1. The highest BCUT2D eigenvalue weighted by molar-refractivity contribution is 4.81. The topological polar surface area (TPSA) is 15.7 Å². The Bertz CT molecular complexity index is 185. The fourth-order valence-electron chi connectivity index (χ4n) is 2.53. The fraction of sp³-hybridized carbons (Fsp3) is 1.00. The summed E-state index contributed by atoms with van der Waals surface area (Å²) >= 11 is 0. The largest absolute Gasteiger partial charge is 0.383 e. The molecule has 0 saturated carbocycles. The molecule has 0 aliphatic carbocycles. The van der Waals surface area contributed by atoms with Crippen molar-refractivity contribution in [3.63, 3.8) is 0 Å². The lowest BCUT2D eigenvalue weighted by Gasteiger charge is -2.41. The molecule has 3 heteroatoms. The van der Waals surface area contributed by atoms with E-state index < -0.39 is 0 Å². The Balaban J connectivity index is 2.37. The molecule has 1 fully saturated rings. The third-order valence-electron chi connectivity index (χ3n) is 3.37. The summed E-state index contributed by atoms with van der Waals surface area (Å²) in [5, 5.41) is 0. The minimum absolute atomic E-state index is 0.725. The Kier molecular flexibility index (Phi) is 6.32. The fourth-order valence-corrected chi connectivity index (χ4v) is 2.53. The maximum Gasteiger partial charge on any atom is 0.0589 e. The van der Waals surface area contributed by atoms with Crippen LogP contribution in [0.1, 0.15) is 27.2 Å². The molecule has 0 bridgehead atoms. The van der Waals surface area contributed by atoms with Gasteiger partial charge in [0.15, 0.2) is 0 Å². The van der Waals surface area contributed by atoms with E-state index in [9.17, 15) is 0 Å². The Morgan fingerprint density at radius 3 is 2.62 bits per heavy atom. The van der Waals surface area contributed by atoms with E-state index in [4.69, 9.17) is 4.74 Å². The first-order valence-electron chi connectivity index (χ1n) is 6.62. The van der Waals surface area contributed by atoms with Gasteiger partial charge in [-0.25, -0.2) is 0 Å². The Labute approximate surface area is 101 Å². The van der Waals surface area contributed by atoms with Crippen molar-refractivity contribution in [1.29, 1.82) is 0 Å². The summed E-state index contributed by atoms with van der Waals surface area (Å²) in [5.74, 6) is 0.781. The minimum atomic E-state index is 0.725. The molecule has 1 unspecified atom stereocenters. The lowest BCUT2D eigenvalue weighted by molar-refractivity contribution is 0.0452. The van der Waals surface area contributed by atoms with E-state index in [1.807, 2.05) is 0 Å². The van der Waals surface area contributed by atoms with Crippen LogP contribution in [0.25, 0.3) is 0 Å². The summed E-state index contributed by atoms with van der Waals surface area (Å²) in [6, 6.07) is 0.725. The molecule has 1 rings (SSSR count). The normalized spacial score (nSPS) is 24.2. The molecule has 0 N–H and O–H groups in total. The predicted octanol–water partition coefficient (Wildman–Crippen LogP) is 1.69. The monoisotopic (exact) mass is 228 g/mol. The predicted molar refractivity (Wildman–Crippen MR) is 68.8 cm³/mol. The zero-order valence-electron chi connectivity index (χ0n) is 11.4. The second-order valence-electron chi connectivity index (χ2n) is 5.24. The molecule has 1 heterocycles. The number of methoxy groups -OCH3 is 1. The van der Waals surface area contributed by atoms with Gasteiger partial charge in [0.1, 0.15) is 0 Å².